The molecule has 1 aliphatic heterocycles. The first-order valence-corrected chi connectivity index (χ1v) is 7.88. The van der Waals surface area contributed by atoms with Gasteiger partial charge in [-0.2, -0.15) is 0 Å². The van der Waals surface area contributed by atoms with Gasteiger partial charge in [0.2, 0.25) is 0 Å². The van der Waals surface area contributed by atoms with Gasteiger partial charge in [0, 0.05) is 32.7 Å². The minimum absolute atomic E-state index is 0.388. The second kappa shape index (κ2) is 7.71. The van der Waals surface area contributed by atoms with E-state index in [9.17, 15) is 0 Å². The molecule has 0 radical (unpaired) electrons. The maximum atomic E-state index is 6.08. The molecule has 3 nitrogen and oxygen atoms in total. The molecular formula is C14H19Cl3N2O. The quantitative estimate of drug-likeness (QED) is 0.602. The van der Waals surface area contributed by atoms with E-state index in [-0.39, 0.29) is 0 Å². The van der Waals surface area contributed by atoms with Crippen molar-refractivity contribution in [1.82, 2.24) is 9.80 Å². The lowest BCUT2D eigenvalue weighted by Gasteiger charge is -2.32. The summed E-state index contributed by atoms with van der Waals surface area (Å²) in [7, 11) is 2.16. The smallest absolute Gasteiger partial charge is 0.157 e. The van der Waals surface area contributed by atoms with Crippen LogP contribution in [0.15, 0.2) is 12.1 Å². The number of benzene rings is 1. The van der Waals surface area contributed by atoms with Crippen LogP contribution in [0.5, 0.6) is 5.75 Å². The number of likely N-dealkylation sites (N-methyl/N-ethyl adjacent to an activating group) is 1. The summed E-state index contributed by atoms with van der Waals surface area (Å²) in [5.74, 6) is 0.485. The number of piperazine rings is 1. The minimum Gasteiger partial charge on any atom is -0.490 e. The molecular weight excluding hydrogens is 319 g/mol. The standard InChI is InChI=1S/C14H19Cl3N2O/c1-18-6-8-19(9-7-18)5-2-10-20-14-12(16)4-3-11(15)13(14)17/h3-4H,2,5-10H2,1H3. The van der Waals surface area contributed by atoms with E-state index in [1.54, 1.807) is 12.1 Å². The Bertz CT molecular complexity index is 448. The van der Waals surface area contributed by atoms with Crippen LogP contribution in [0.1, 0.15) is 6.42 Å². The first kappa shape index (κ1) is 16.2. The van der Waals surface area contributed by atoms with Crippen LogP contribution in [-0.4, -0.2) is 56.2 Å². The predicted molar refractivity (Wildman–Crippen MR) is 85.5 cm³/mol. The van der Waals surface area contributed by atoms with Gasteiger partial charge in [0.25, 0.3) is 0 Å². The zero-order chi connectivity index (χ0) is 14.5. The first-order chi connectivity index (χ1) is 9.58. The normalized spacial score (nSPS) is 17.4. The van der Waals surface area contributed by atoms with Crippen molar-refractivity contribution in [3.05, 3.63) is 27.2 Å². The largest absolute Gasteiger partial charge is 0.490 e. The van der Waals surface area contributed by atoms with Gasteiger partial charge in [-0.1, -0.05) is 34.8 Å². The summed E-state index contributed by atoms with van der Waals surface area (Å²) in [6.07, 6.45) is 0.947. The molecule has 1 aliphatic rings. The molecule has 6 heteroatoms. The summed E-state index contributed by atoms with van der Waals surface area (Å²) in [5.41, 5.74) is 0. The predicted octanol–water partition coefficient (Wildman–Crippen LogP) is 3.66. The van der Waals surface area contributed by atoms with Crippen molar-refractivity contribution in [3.63, 3.8) is 0 Å². The zero-order valence-corrected chi connectivity index (χ0v) is 13.8. The second-order valence-corrected chi connectivity index (χ2v) is 6.21. The highest BCUT2D eigenvalue weighted by molar-refractivity contribution is 6.44. The number of halogens is 3. The Labute approximate surface area is 135 Å². The van der Waals surface area contributed by atoms with E-state index >= 15 is 0 Å². The number of hydrogen-bond acceptors (Lipinski definition) is 3. The Morgan fingerprint density at radius 1 is 1.05 bits per heavy atom. The van der Waals surface area contributed by atoms with Crippen molar-refractivity contribution >= 4 is 34.8 Å². The van der Waals surface area contributed by atoms with Crippen LogP contribution in [-0.2, 0) is 0 Å². The lowest BCUT2D eigenvalue weighted by molar-refractivity contribution is 0.145. The summed E-state index contributed by atoms with van der Waals surface area (Å²) in [4.78, 5) is 4.79. The van der Waals surface area contributed by atoms with Crippen LogP contribution in [0.3, 0.4) is 0 Å². The molecule has 0 aromatic heterocycles. The molecule has 0 bridgehead atoms. The van der Waals surface area contributed by atoms with E-state index in [1.807, 2.05) is 0 Å². The van der Waals surface area contributed by atoms with Crippen LogP contribution in [0.25, 0.3) is 0 Å². The fraction of sp³-hybridized carbons (Fsp3) is 0.571. The molecule has 1 aromatic carbocycles. The zero-order valence-electron chi connectivity index (χ0n) is 11.5. The SMILES string of the molecule is CN1CCN(CCCOc2c(Cl)ccc(Cl)c2Cl)CC1. The number of rotatable bonds is 5. The lowest BCUT2D eigenvalue weighted by Crippen LogP contribution is -2.44. The van der Waals surface area contributed by atoms with Gasteiger partial charge >= 0.3 is 0 Å². The molecule has 20 heavy (non-hydrogen) atoms. The Hall–Kier alpha value is -0.190. The average Bonchev–Trinajstić information content (AvgIpc) is 2.44. The molecule has 1 heterocycles. The molecule has 0 N–H and O–H groups in total. The maximum Gasteiger partial charge on any atom is 0.157 e. The summed E-state index contributed by atoms with van der Waals surface area (Å²) in [6, 6.07) is 3.37. The number of hydrogen-bond donors (Lipinski definition) is 0. The molecule has 0 amide bonds. The molecule has 1 fully saturated rings. The Balaban J connectivity index is 1.75. The lowest BCUT2D eigenvalue weighted by atomic mass is 10.3. The van der Waals surface area contributed by atoms with Crippen molar-refractivity contribution in [3.8, 4) is 5.75 Å². The van der Waals surface area contributed by atoms with Gasteiger partial charge in [-0.25, -0.2) is 0 Å². The minimum atomic E-state index is 0.388. The van der Waals surface area contributed by atoms with E-state index in [0.29, 0.717) is 27.4 Å². The summed E-state index contributed by atoms with van der Waals surface area (Å²) >= 11 is 18.1. The Morgan fingerprint density at radius 3 is 2.40 bits per heavy atom. The molecule has 0 unspecified atom stereocenters. The fourth-order valence-corrected chi connectivity index (χ4v) is 2.80. The molecule has 112 valence electrons. The van der Waals surface area contributed by atoms with E-state index in [2.05, 4.69) is 16.8 Å². The molecule has 1 saturated heterocycles. The topological polar surface area (TPSA) is 15.7 Å². The van der Waals surface area contributed by atoms with Gasteiger partial charge in [0.05, 0.1) is 16.7 Å². The number of ether oxygens (including phenoxy) is 1. The van der Waals surface area contributed by atoms with Gasteiger partial charge in [-0.3, -0.25) is 0 Å². The van der Waals surface area contributed by atoms with Crippen LogP contribution in [0.4, 0.5) is 0 Å². The summed E-state index contributed by atoms with van der Waals surface area (Å²) in [6.45, 7) is 6.12. The van der Waals surface area contributed by atoms with Crippen LogP contribution < -0.4 is 4.74 Å². The molecule has 2 rings (SSSR count). The fourth-order valence-electron chi connectivity index (χ4n) is 2.17. The Kier molecular flexibility index (Phi) is 6.24. The molecule has 0 saturated carbocycles. The van der Waals surface area contributed by atoms with Gasteiger partial charge in [-0.05, 0) is 25.6 Å². The van der Waals surface area contributed by atoms with Gasteiger partial charge in [-0.15, -0.1) is 0 Å². The van der Waals surface area contributed by atoms with Crippen LogP contribution >= 0.6 is 34.8 Å². The van der Waals surface area contributed by atoms with Crippen molar-refractivity contribution in [2.75, 3.05) is 46.4 Å². The van der Waals surface area contributed by atoms with Crippen molar-refractivity contribution in [2.24, 2.45) is 0 Å². The van der Waals surface area contributed by atoms with Gasteiger partial charge in [0.15, 0.2) is 5.75 Å². The van der Waals surface area contributed by atoms with Crippen molar-refractivity contribution < 1.29 is 4.74 Å². The van der Waals surface area contributed by atoms with E-state index < -0.39 is 0 Å². The highest BCUT2D eigenvalue weighted by Crippen LogP contribution is 2.37. The van der Waals surface area contributed by atoms with Crippen LogP contribution in [0.2, 0.25) is 15.1 Å². The third-order valence-corrected chi connectivity index (χ3v) is 4.55. The molecule has 0 spiro atoms. The Morgan fingerprint density at radius 2 is 1.70 bits per heavy atom. The summed E-state index contributed by atoms with van der Waals surface area (Å²) in [5, 5.41) is 1.35. The van der Waals surface area contributed by atoms with Gasteiger partial charge in [0.1, 0.15) is 5.02 Å². The van der Waals surface area contributed by atoms with Crippen molar-refractivity contribution in [2.45, 2.75) is 6.42 Å². The van der Waals surface area contributed by atoms with E-state index in [4.69, 9.17) is 39.5 Å². The molecule has 1 aromatic rings. The van der Waals surface area contributed by atoms with Gasteiger partial charge < -0.3 is 14.5 Å². The third kappa shape index (κ3) is 4.40. The highest BCUT2D eigenvalue weighted by Gasteiger charge is 2.14. The van der Waals surface area contributed by atoms with E-state index in [0.717, 1.165) is 39.1 Å². The third-order valence-electron chi connectivity index (χ3n) is 3.46. The first-order valence-electron chi connectivity index (χ1n) is 6.75. The highest BCUT2D eigenvalue weighted by atomic mass is 35.5. The average molecular weight is 338 g/mol. The molecule has 0 atom stereocenters. The molecule has 0 aliphatic carbocycles. The number of nitrogens with zero attached hydrogens (tertiary/aromatic N) is 2. The van der Waals surface area contributed by atoms with E-state index in [1.165, 1.54) is 0 Å². The maximum absolute atomic E-state index is 6.08. The summed E-state index contributed by atoms with van der Waals surface area (Å²) < 4.78 is 5.68. The monoisotopic (exact) mass is 336 g/mol. The van der Waals surface area contributed by atoms with Crippen LogP contribution in [0, 0.1) is 0 Å². The van der Waals surface area contributed by atoms with Crippen molar-refractivity contribution in [1.29, 1.82) is 0 Å². The second-order valence-electron chi connectivity index (χ2n) is 5.02.